The van der Waals surface area contributed by atoms with Gasteiger partial charge in [-0.05, 0) is 71.7 Å². The maximum atomic E-state index is 13.2. The van der Waals surface area contributed by atoms with Crippen molar-refractivity contribution in [2.45, 2.75) is 51.4 Å². The summed E-state index contributed by atoms with van der Waals surface area (Å²) in [5.41, 5.74) is 7.47. The molecule has 9 heteroatoms. The number of hydrogen-bond donors (Lipinski definition) is 2. The molecule has 48 heavy (non-hydrogen) atoms. The molecular weight excluding hydrogens is 608 g/mol. The van der Waals surface area contributed by atoms with Crippen LogP contribution < -0.4 is 15.4 Å². The first kappa shape index (κ1) is 33.8. The van der Waals surface area contributed by atoms with Crippen LogP contribution in [0.4, 0.5) is 9.59 Å². The van der Waals surface area contributed by atoms with Gasteiger partial charge in [-0.3, -0.25) is 0 Å². The summed E-state index contributed by atoms with van der Waals surface area (Å²) in [6, 6.07) is 30.7. The first-order valence-corrected chi connectivity index (χ1v) is 16.0. The number of benzene rings is 4. The molecule has 248 valence electrons. The van der Waals surface area contributed by atoms with Gasteiger partial charge in [0.1, 0.15) is 31.6 Å². The average molecular weight is 649 g/mol. The van der Waals surface area contributed by atoms with Crippen molar-refractivity contribution in [3.63, 3.8) is 0 Å². The maximum Gasteiger partial charge on any atom is 0.411 e. The predicted molar refractivity (Wildman–Crippen MR) is 182 cm³/mol. The minimum Gasteiger partial charge on any atom is -0.489 e. The fourth-order valence-electron chi connectivity index (χ4n) is 5.60. The SMILES string of the molecule is C=COC(=O)NCCCCC(NC(=O)OCC1c2ccccc2-c2ccccc21)C(=O)OCc1ccc(OCc2ccc(C)cc2)cc1. The van der Waals surface area contributed by atoms with Crippen LogP contribution in [0.25, 0.3) is 11.1 Å². The first-order valence-electron chi connectivity index (χ1n) is 16.0. The third-order valence-electron chi connectivity index (χ3n) is 8.13. The Morgan fingerprint density at radius 2 is 1.40 bits per heavy atom. The monoisotopic (exact) mass is 648 g/mol. The Morgan fingerprint density at radius 1 is 0.771 bits per heavy atom. The van der Waals surface area contributed by atoms with Crippen molar-refractivity contribution in [2.75, 3.05) is 13.2 Å². The fourth-order valence-corrected chi connectivity index (χ4v) is 5.60. The molecule has 1 aliphatic rings. The molecule has 1 atom stereocenters. The number of ether oxygens (including phenoxy) is 4. The van der Waals surface area contributed by atoms with Crippen LogP contribution in [-0.4, -0.2) is 37.3 Å². The quantitative estimate of drug-likeness (QED) is 0.0592. The van der Waals surface area contributed by atoms with Crippen LogP contribution in [0.15, 0.2) is 110 Å². The first-order chi connectivity index (χ1) is 23.4. The van der Waals surface area contributed by atoms with Gasteiger partial charge in [-0.25, -0.2) is 14.4 Å². The number of rotatable bonds is 15. The zero-order chi connectivity index (χ0) is 33.7. The van der Waals surface area contributed by atoms with Crippen molar-refractivity contribution >= 4 is 18.2 Å². The average Bonchev–Trinajstić information content (AvgIpc) is 3.43. The number of carbonyl (C=O) groups is 3. The second kappa shape index (κ2) is 16.8. The summed E-state index contributed by atoms with van der Waals surface area (Å²) in [7, 11) is 0. The van der Waals surface area contributed by atoms with Crippen LogP contribution in [0.3, 0.4) is 0 Å². The molecule has 1 unspecified atom stereocenters. The molecule has 0 saturated carbocycles. The van der Waals surface area contributed by atoms with Crippen LogP contribution in [0.1, 0.15) is 53.0 Å². The van der Waals surface area contributed by atoms with Crippen molar-refractivity contribution in [3.05, 3.63) is 138 Å². The van der Waals surface area contributed by atoms with Gasteiger partial charge < -0.3 is 29.6 Å². The second-order valence-corrected chi connectivity index (χ2v) is 11.5. The highest BCUT2D eigenvalue weighted by molar-refractivity contribution is 5.82. The summed E-state index contributed by atoms with van der Waals surface area (Å²) in [6.07, 6.45) is 1.08. The molecule has 0 aromatic heterocycles. The van der Waals surface area contributed by atoms with Crippen LogP contribution in [0.2, 0.25) is 0 Å². The van der Waals surface area contributed by atoms with Gasteiger partial charge in [0.15, 0.2) is 0 Å². The van der Waals surface area contributed by atoms with E-state index in [4.69, 9.17) is 14.2 Å². The van der Waals surface area contributed by atoms with Gasteiger partial charge in [-0.15, -0.1) is 0 Å². The van der Waals surface area contributed by atoms with E-state index in [0.29, 0.717) is 31.7 Å². The predicted octanol–water partition coefficient (Wildman–Crippen LogP) is 7.56. The summed E-state index contributed by atoms with van der Waals surface area (Å²) in [5, 5.41) is 5.30. The van der Waals surface area contributed by atoms with E-state index in [2.05, 4.69) is 34.1 Å². The number of nitrogens with one attached hydrogen (secondary N) is 2. The van der Waals surface area contributed by atoms with Gasteiger partial charge >= 0.3 is 18.2 Å². The number of hydrogen-bond acceptors (Lipinski definition) is 7. The molecule has 4 aromatic rings. The van der Waals surface area contributed by atoms with Crippen molar-refractivity contribution in [1.82, 2.24) is 10.6 Å². The molecule has 0 heterocycles. The zero-order valence-electron chi connectivity index (χ0n) is 27.0. The van der Waals surface area contributed by atoms with Crippen molar-refractivity contribution in [1.29, 1.82) is 0 Å². The lowest BCUT2D eigenvalue weighted by atomic mass is 9.98. The van der Waals surface area contributed by atoms with Crippen molar-refractivity contribution < 1.29 is 33.3 Å². The highest BCUT2D eigenvalue weighted by Crippen LogP contribution is 2.44. The molecule has 2 N–H and O–H groups in total. The smallest absolute Gasteiger partial charge is 0.411 e. The Hall–Kier alpha value is -5.57. The topological polar surface area (TPSA) is 112 Å². The Morgan fingerprint density at radius 3 is 2.06 bits per heavy atom. The molecule has 4 aromatic carbocycles. The van der Waals surface area contributed by atoms with Gasteiger partial charge in [0.2, 0.25) is 0 Å². The van der Waals surface area contributed by atoms with Crippen LogP contribution >= 0.6 is 0 Å². The highest BCUT2D eigenvalue weighted by Gasteiger charge is 2.30. The van der Waals surface area contributed by atoms with E-state index in [-0.39, 0.29) is 25.6 Å². The Labute approximate surface area is 280 Å². The number of fused-ring (bicyclic) bond motifs is 3. The van der Waals surface area contributed by atoms with Gasteiger partial charge in [0.05, 0.1) is 6.26 Å². The lowest BCUT2D eigenvalue weighted by Gasteiger charge is -2.19. The standard InChI is InChI=1S/C39H40N2O7/c1-3-45-38(43)40-23-9-8-14-36(37(42)47-25-29-19-21-30(22-20-29)46-24-28-17-15-27(2)16-18-28)41-39(44)48-26-35-33-12-6-4-10-31(33)32-11-5-7-13-34(32)35/h3-7,10-13,15-22,35-36H,1,8-9,14,23-26H2,2H3,(H,40,43)(H,41,44). The molecule has 0 aliphatic heterocycles. The van der Waals surface area contributed by atoms with E-state index in [1.807, 2.05) is 91.9 Å². The third kappa shape index (κ3) is 9.25. The number of aryl methyl sites for hydroxylation is 1. The maximum absolute atomic E-state index is 13.2. The van der Waals surface area contributed by atoms with Crippen LogP contribution in [0, 0.1) is 6.92 Å². The largest absolute Gasteiger partial charge is 0.489 e. The Balaban J connectivity index is 1.15. The van der Waals surface area contributed by atoms with Crippen LogP contribution in [-0.2, 0) is 32.2 Å². The van der Waals surface area contributed by atoms with Crippen LogP contribution in [0.5, 0.6) is 5.75 Å². The van der Waals surface area contributed by atoms with Crippen molar-refractivity contribution in [3.8, 4) is 16.9 Å². The highest BCUT2D eigenvalue weighted by atomic mass is 16.6. The zero-order valence-corrected chi connectivity index (χ0v) is 27.0. The molecule has 9 nitrogen and oxygen atoms in total. The van der Waals surface area contributed by atoms with Gasteiger partial charge in [0, 0.05) is 12.5 Å². The van der Waals surface area contributed by atoms with E-state index in [1.165, 1.54) is 5.56 Å². The lowest BCUT2D eigenvalue weighted by Crippen LogP contribution is -2.42. The summed E-state index contributed by atoms with van der Waals surface area (Å²) < 4.78 is 21.8. The van der Waals surface area contributed by atoms with Gasteiger partial charge in [-0.2, -0.15) is 0 Å². The summed E-state index contributed by atoms with van der Waals surface area (Å²) in [6.45, 7) is 6.31. The lowest BCUT2D eigenvalue weighted by molar-refractivity contribution is -0.147. The normalized spacial score (nSPS) is 12.2. The number of carbonyl (C=O) groups excluding carboxylic acids is 3. The number of alkyl carbamates (subject to hydrolysis) is 2. The van der Waals surface area contributed by atoms with Crippen molar-refractivity contribution in [2.24, 2.45) is 0 Å². The molecule has 5 rings (SSSR count). The summed E-state index contributed by atoms with van der Waals surface area (Å²) >= 11 is 0. The Kier molecular flexibility index (Phi) is 11.8. The van der Waals surface area contributed by atoms with E-state index in [9.17, 15) is 14.4 Å². The van der Waals surface area contributed by atoms with E-state index in [0.717, 1.165) is 39.6 Å². The second-order valence-electron chi connectivity index (χ2n) is 11.5. The number of unbranched alkanes of at least 4 members (excludes halogenated alkanes) is 1. The summed E-state index contributed by atoms with van der Waals surface area (Å²) in [4.78, 5) is 37.8. The molecule has 0 saturated heterocycles. The number of amides is 2. The summed E-state index contributed by atoms with van der Waals surface area (Å²) in [5.74, 6) is 0.00653. The van der Waals surface area contributed by atoms with E-state index < -0.39 is 24.2 Å². The molecule has 2 amide bonds. The van der Waals surface area contributed by atoms with E-state index >= 15 is 0 Å². The van der Waals surface area contributed by atoms with Gasteiger partial charge in [-0.1, -0.05) is 97.1 Å². The molecule has 0 radical (unpaired) electrons. The molecule has 0 spiro atoms. The number of esters is 1. The minimum atomic E-state index is -0.946. The molecule has 1 aliphatic carbocycles. The third-order valence-corrected chi connectivity index (χ3v) is 8.13. The molecule has 0 bridgehead atoms. The fraction of sp³-hybridized carbons (Fsp3) is 0.256. The van der Waals surface area contributed by atoms with Gasteiger partial charge in [0.25, 0.3) is 0 Å². The minimum absolute atomic E-state index is 0.0227. The Bertz CT molecular complexity index is 1660. The molecular formula is C39H40N2O7. The molecule has 0 fully saturated rings. The van der Waals surface area contributed by atoms with E-state index in [1.54, 1.807) is 0 Å².